The molecule has 0 saturated carbocycles. The average molecular weight is 450 g/mol. The van der Waals surface area contributed by atoms with Gasteiger partial charge in [0.25, 0.3) is 5.91 Å². The molecule has 0 spiro atoms. The normalized spacial score (nSPS) is 12.3. The van der Waals surface area contributed by atoms with Gasteiger partial charge in [-0.2, -0.15) is 13.2 Å². The summed E-state index contributed by atoms with van der Waals surface area (Å²) in [4.78, 5) is 13.9. The predicted octanol–water partition coefficient (Wildman–Crippen LogP) is 7.39. The number of alkyl halides is 3. The minimum absolute atomic E-state index is 0.191. The molecule has 0 radical (unpaired) electrons. The highest BCUT2D eigenvalue weighted by Crippen LogP contribution is 2.37. The molecule has 0 aliphatic rings. The first-order valence-corrected chi connectivity index (χ1v) is 9.62. The van der Waals surface area contributed by atoms with E-state index in [9.17, 15) is 26.7 Å². The molecule has 0 heterocycles. The van der Waals surface area contributed by atoms with Crippen molar-refractivity contribution in [3.8, 4) is 0 Å². The second kappa shape index (κ2) is 9.80. The van der Waals surface area contributed by atoms with Crippen LogP contribution in [0.1, 0.15) is 25.0 Å². The molecule has 0 aliphatic heterocycles. The number of halogens is 5. The summed E-state index contributed by atoms with van der Waals surface area (Å²) in [5, 5.41) is 2.36. The highest BCUT2D eigenvalue weighted by Gasteiger charge is 2.31. The van der Waals surface area contributed by atoms with Crippen LogP contribution in [0.25, 0.3) is 0 Å². The lowest BCUT2D eigenvalue weighted by atomic mass is 10.1. The number of benzene rings is 2. The minimum Gasteiger partial charge on any atom is -0.339 e. The molecule has 2 aromatic rings. The molecule has 2 rings (SSSR count). The average Bonchev–Trinajstić information content (AvgIpc) is 2.69. The summed E-state index contributed by atoms with van der Waals surface area (Å²) >= 11 is 0. The van der Waals surface area contributed by atoms with Gasteiger partial charge in [-0.25, -0.2) is 8.78 Å². The Bertz CT molecular complexity index is 1050. The van der Waals surface area contributed by atoms with E-state index in [1.165, 1.54) is 18.2 Å². The van der Waals surface area contributed by atoms with Gasteiger partial charge in [-0.1, -0.05) is 19.2 Å². The lowest BCUT2D eigenvalue weighted by Crippen LogP contribution is -2.26. The monoisotopic (exact) mass is 450 g/mol. The van der Waals surface area contributed by atoms with Gasteiger partial charge >= 0.3 is 6.18 Å². The Labute approximate surface area is 183 Å². The Morgan fingerprint density at radius 3 is 2.16 bits per heavy atom. The van der Waals surface area contributed by atoms with Gasteiger partial charge in [-0.05, 0) is 68.8 Å². The molecule has 1 amide bonds. The van der Waals surface area contributed by atoms with Gasteiger partial charge in [0.2, 0.25) is 0 Å². The zero-order valence-electron chi connectivity index (χ0n) is 17.9. The number of rotatable bonds is 7. The fourth-order valence-electron chi connectivity index (χ4n) is 3.12. The Balaban J connectivity index is 2.39. The van der Waals surface area contributed by atoms with Crippen LogP contribution in [-0.2, 0) is 11.0 Å². The lowest BCUT2D eigenvalue weighted by molar-refractivity contribution is -0.137. The molecule has 0 aliphatic carbocycles. The van der Waals surface area contributed by atoms with Crippen LogP contribution in [0.15, 0.2) is 78.9 Å². The zero-order chi connectivity index (χ0) is 24.2. The second-order valence-corrected chi connectivity index (χ2v) is 7.30. The van der Waals surface area contributed by atoms with Crippen molar-refractivity contribution in [2.45, 2.75) is 33.0 Å². The van der Waals surface area contributed by atoms with E-state index in [2.05, 4.69) is 18.5 Å². The van der Waals surface area contributed by atoms with E-state index in [4.69, 9.17) is 0 Å². The number of anilines is 3. The van der Waals surface area contributed by atoms with Crippen molar-refractivity contribution in [3.63, 3.8) is 0 Å². The highest BCUT2D eigenvalue weighted by atomic mass is 19.4. The van der Waals surface area contributed by atoms with Crippen molar-refractivity contribution in [1.29, 1.82) is 0 Å². The summed E-state index contributed by atoms with van der Waals surface area (Å²) in [6.45, 7) is 11.5. The summed E-state index contributed by atoms with van der Waals surface area (Å²) in [6.07, 6.45) is -3.79. The van der Waals surface area contributed by atoms with Crippen LogP contribution in [0.4, 0.5) is 39.0 Å². The molecular weight excluding hydrogens is 427 g/mol. The number of hydrogen-bond donors (Lipinski definition) is 1. The molecule has 0 bridgehead atoms. The molecule has 8 heteroatoms. The van der Waals surface area contributed by atoms with Crippen LogP contribution in [0.3, 0.4) is 0 Å². The molecule has 0 atom stereocenters. The van der Waals surface area contributed by atoms with Gasteiger partial charge < -0.3 is 10.2 Å². The molecule has 0 saturated heterocycles. The van der Waals surface area contributed by atoms with E-state index < -0.39 is 34.9 Å². The van der Waals surface area contributed by atoms with Crippen LogP contribution in [0.5, 0.6) is 0 Å². The van der Waals surface area contributed by atoms with E-state index in [-0.39, 0.29) is 11.7 Å². The highest BCUT2D eigenvalue weighted by molar-refractivity contribution is 6.07. The van der Waals surface area contributed by atoms with E-state index in [0.29, 0.717) is 23.0 Å². The first-order valence-electron chi connectivity index (χ1n) is 9.62. The van der Waals surface area contributed by atoms with Crippen LogP contribution in [0, 0.1) is 6.92 Å². The van der Waals surface area contributed by atoms with Gasteiger partial charge in [-0.15, -0.1) is 0 Å². The van der Waals surface area contributed by atoms with Gasteiger partial charge in [0, 0.05) is 23.1 Å². The second-order valence-electron chi connectivity index (χ2n) is 7.30. The van der Waals surface area contributed by atoms with E-state index in [1.54, 1.807) is 24.0 Å². The third-order valence-electron chi connectivity index (χ3n) is 4.63. The molecule has 0 fully saturated rings. The number of nitrogens with one attached hydrogen (secondary N) is 1. The standard InChI is InChI=1S/C24H23F5N2O/c1-6-20(26)22(16(5)25)23(32)30-18-9-11-19(12-10-18)31(14(2)3)21-13-17(24(27,28)29)8-7-15(21)4/h6-14H,1,5H2,2-4H3,(H,30,32)/b22-20-. The number of nitrogens with zero attached hydrogens (tertiary/aromatic N) is 1. The number of carbonyl (C=O) groups is 1. The predicted molar refractivity (Wildman–Crippen MR) is 117 cm³/mol. The van der Waals surface area contributed by atoms with E-state index in [1.807, 2.05) is 13.8 Å². The quantitative estimate of drug-likeness (QED) is 0.271. The Hall–Kier alpha value is -3.42. The van der Waals surface area contributed by atoms with Crippen molar-refractivity contribution in [1.82, 2.24) is 0 Å². The maximum absolute atomic E-state index is 13.7. The van der Waals surface area contributed by atoms with Crippen molar-refractivity contribution in [2.24, 2.45) is 0 Å². The fraction of sp³-hybridized carbons (Fsp3) is 0.208. The summed E-state index contributed by atoms with van der Waals surface area (Å²) in [6, 6.07) is 9.48. The third kappa shape index (κ3) is 5.63. The number of allylic oxidation sites excluding steroid dienone is 2. The molecule has 1 N–H and O–H groups in total. The van der Waals surface area contributed by atoms with Crippen LogP contribution in [-0.4, -0.2) is 11.9 Å². The van der Waals surface area contributed by atoms with Crippen molar-refractivity contribution >= 4 is 23.0 Å². The SMILES string of the molecule is C=C/C(F)=C(\C(=C)F)C(=O)Nc1ccc(N(c2cc(C(F)(F)F)ccc2C)C(C)C)cc1. The maximum Gasteiger partial charge on any atom is 0.416 e. The van der Waals surface area contributed by atoms with Gasteiger partial charge in [0.05, 0.1) is 5.56 Å². The first kappa shape index (κ1) is 24.8. The van der Waals surface area contributed by atoms with E-state index in [0.717, 1.165) is 12.1 Å². The van der Waals surface area contributed by atoms with Crippen LogP contribution in [0.2, 0.25) is 0 Å². The van der Waals surface area contributed by atoms with Crippen molar-refractivity contribution in [2.75, 3.05) is 10.2 Å². The molecular formula is C24H23F5N2O. The minimum atomic E-state index is -4.48. The van der Waals surface area contributed by atoms with Gasteiger partial charge in [0.1, 0.15) is 17.2 Å². The fourth-order valence-corrected chi connectivity index (χ4v) is 3.12. The molecule has 3 nitrogen and oxygen atoms in total. The topological polar surface area (TPSA) is 32.3 Å². The zero-order valence-corrected chi connectivity index (χ0v) is 17.9. The Morgan fingerprint density at radius 1 is 1.09 bits per heavy atom. The maximum atomic E-state index is 13.7. The van der Waals surface area contributed by atoms with Crippen molar-refractivity contribution in [3.05, 3.63) is 90.1 Å². The summed E-state index contributed by atoms with van der Waals surface area (Å²) in [5.41, 5.74) is 0.219. The summed E-state index contributed by atoms with van der Waals surface area (Å²) in [5.74, 6) is -3.45. The molecule has 32 heavy (non-hydrogen) atoms. The summed E-state index contributed by atoms with van der Waals surface area (Å²) in [7, 11) is 0. The van der Waals surface area contributed by atoms with Crippen molar-refractivity contribution < 1.29 is 26.7 Å². The van der Waals surface area contributed by atoms with E-state index >= 15 is 0 Å². The first-order chi connectivity index (χ1) is 14.9. The van der Waals surface area contributed by atoms with Crippen LogP contribution < -0.4 is 10.2 Å². The number of carbonyl (C=O) groups excluding carboxylic acids is 1. The Morgan fingerprint density at radius 2 is 1.69 bits per heavy atom. The largest absolute Gasteiger partial charge is 0.416 e. The van der Waals surface area contributed by atoms with Gasteiger partial charge in [0.15, 0.2) is 0 Å². The molecule has 0 aromatic heterocycles. The number of hydrogen-bond acceptors (Lipinski definition) is 2. The summed E-state index contributed by atoms with van der Waals surface area (Å²) < 4.78 is 66.8. The molecule has 0 unspecified atom stereocenters. The number of amides is 1. The van der Waals surface area contributed by atoms with Gasteiger partial charge in [-0.3, -0.25) is 4.79 Å². The smallest absolute Gasteiger partial charge is 0.339 e. The third-order valence-corrected chi connectivity index (χ3v) is 4.63. The number of aryl methyl sites for hydroxylation is 1. The van der Waals surface area contributed by atoms with Crippen LogP contribution >= 0.6 is 0 Å². The lowest BCUT2D eigenvalue weighted by Gasteiger charge is -2.31. The molecule has 2 aromatic carbocycles. The molecule has 170 valence electrons. The Kier molecular flexibility index (Phi) is 7.61.